The highest BCUT2D eigenvalue weighted by Gasteiger charge is 2.28. The summed E-state index contributed by atoms with van der Waals surface area (Å²) < 4.78 is 4.87. The molecule has 0 aromatic carbocycles. The van der Waals surface area contributed by atoms with Crippen LogP contribution < -0.4 is 5.32 Å². The first kappa shape index (κ1) is 17.3. The van der Waals surface area contributed by atoms with Gasteiger partial charge in [0.05, 0.1) is 13.7 Å². The molecule has 1 heterocycles. The van der Waals surface area contributed by atoms with Gasteiger partial charge in [0.1, 0.15) is 6.04 Å². The highest BCUT2D eigenvalue weighted by Crippen LogP contribution is 2.31. The molecule has 1 aliphatic rings. The fourth-order valence-electron chi connectivity index (χ4n) is 2.26. The van der Waals surface area contributed by atoms with Gasteiger partial charge in [0.2, 0.25) is 0 Å². The Labute approximate surface area is 127 Å². The third-order valence-corrected chi connectivity index (χ3v) is 4.17. The first-order valence-corrected chi connectivity index (χ1v) is 8.14. The molecular weight excluding hydrogens is 272 g/mol. The monoisotopic (exact) mass is 300 g/mol. The zero-order valence-corrected chi connectivity index (χ0v) is 14.3. The largest absolute Gasteiger partial charge is 0.467 e. The number of rotatable bonds is 5. The van der Waals surface area contributed by atoms with Crippen LogP contribution in [-0.2, 0) is 9.53 Å². The van der Waals surface area contributed by atoms with Gasteiger partial charge in [0.15, 0.2) is 5.17 Å². The van der Waals surface area contributed by atoms with Crippen LogP contribution in [0.3, 0.4) is 0 Å². The molecule has 0 saturated heterocycles. The van der Waals surface area contributed by atoms with Crippen molar-refractivity contribution in [3.05, 3.63) is 0 Å². The second-order valence-electron chi connectivity index (χ2n) is 7.00. The second-order valence-corrected chi connectivity index (χ2v) is 8.29. The first-order chi connectivity index (χ1) is 9.21. The lowest BCUT2D eigenvalue weighted by Gasteiger charge is -2.22. The summed E-state index contributed by atoms with van der Waals surface area (Å²) in [6, 6.07) is -0.292. The molecule has 0 aromatic heterocycles. The van der Waals surface area contributed by atoms with E-state index in [4.69, 9.17) is 4.74 Å². The first-order valence-electron chi connectivity index (χ1n) is 7.26. The van der Waals surface area contributed by atoms with Crippen LogP contribution in [0.1, 0.15) is 47.5 Å². The summed E-state index contributed by atoms with van der Waals surface area (Å²) in [4.78, 5) is 16.3. The van der Waals surface area contributed by atoms with E-state index in [1.165, 1.54) is 7.11 Å². The minimum absolute atomic E-state index is 0.207. The van der Waals surface area contributed by atoms with E-state index in [0.29, 0.717) is 16.6 Å². The molecule has 4 nitrogen and oxygen atoms in total. The lowest BCUT2D eigenvalue weighted by molar-refractivity contribution is -0.143. The summed E-state index contributed by atoms with van der Waals surface area (Å²) in [5, 5.41) is 4.65. The maximum atomic E-state index is 11.8. The smallest absolute Gasteiger partial charge is 0.328 e. The maximum absolute atomic E-state index is 11.8. The predicted octanol–water partition coefficient (Wildman–Crippen LogP) is 3.07. The van der Waals surface area contributed by atoms with E-state index >= 15 is 0 Å². The van der Waals surface area contributed by atoms with Gasteiger partial charge in [-0.05, 0) is 24.2 Å². The molecule has 2 atom stereocenters. The van der Waals surface area contributed by atoms with Crippen LogP contribution in [0.5, 0.6) is 0 Å². The maximum Gasteiger partial charge on any atom is 0.328 e. The molecule has 0 fully saturated rings. The van der Waals surface area contributed by atoms with Crippen LogP contribution in [0.2, 0.25) is 0 Å². The normalized spacial score (nSPS) is 20.8. The SMILES string of the molecule is COC(=O)C(CC(C)C)NC1=NCC(CC(C)(C)C)S1. The van der Waals surface area contributed by atoms with E-state index in [0.717, 1.165) is 24.6 Å². The molecule has 0 amide bonds. The van der Waals surface area contributed by atoms with Gasteiger partial charge < -0.3 is 10.1 Å². The Morgan fingerprint density at radius 3 is 2.65 bits per heavy atom. The van der Waals surface area contributed by atoms with Crippen LogP contribution in [0, 0.1) is 11.3 Å². The second kappa shape index (κ2) is 7.34. The average Bonchev–Trinajstić information content (AvgIpc) is 2.71. The van der Waals surface area contributed by atoms with E-state index in [-0.39, 0.29) is 12.0 Å². The molecular formula is C15H28N2O2S. The van der Waals surface area contributed by atoms with Crippen molar-refractivity contribution >= 4 is 22.9 Å². The van der Waals surface area contributed by atoms with Crippen LogP contribution in [0.25, 0.3) is 0 Å². The molecule has 0 spiro atoms. The number of amidine groups is 1. The van der Waals surface area contributed by atoms with E-state index in [1.54, 1.807) is 11.8 Å². The van der Waals surface area contributed by atoms with Crippen molar-refractivity contribution in [1.29, 1.82) is 0 Å². The van der Waals surface area contributed by atoms with Crippen molar-refractivity contribution in [1.82, 2.24) is 5.32 Å². The van der Waals surface area contributed by atoms with Gasteiger partial charge in [-0.2, -0.15) is 0 Å². The Kier molecular flexibility index (Phi) is 6.37. The molecule has 116 valence electrons. The average molecular weight is 300 g/mol. The van der Waals surface area contributed by atoms with E-state index in [9.17, 15) is 4.79 Å². The number of esters is 1. The topological polar surface area (TPSA) is 50.7 Å². The van der Waals surface area contributed by atoms with Crippen LogP contribution >= 0.6 is 11.8 Å². The third-order valence-electron chi connectivity index (χ3n) is 3.05. The zero-order chi connectivity index (χ0) is 15.3. The van der Waals surface area contributed by atoms with Gasteiger partial charge >= 0.3 is 5.97 Å². The fraction of sp³-hybridized carbons (Fsp3) is 0.867. The van der Waals surface area contributed by atoms with E-state index in [2.05, 4.69) is 44.9 Å². The molecule has 20 heavy (non-hydrogen) atoms. The Balaban J connectivity index is 2.52. The van der Waals surface area contributed by atoms with Crippen molar-refractivity contribution in [2.45, 2.75) is 58.8 Å². The Hall–Kier alpha value is -0.710. The fourth-order valence-corrected chi connectivity index (χ4v) is 3.67. The van der Waals surface area contributed by atoms with Gasteiger partial charge in [-0.3, -0.25) is 4.99 Å². The van der Waals surface area contributed by atoms with Crippen molar-refractivity contribution in [3.63, 3.8) is 0 Å². The summed E-state index contributed by atoms with van der Waals surface area (Å²) in [6.45, 7) is 11.8. The van der Waals surface area contributed by atoms with Gasteiger partial charge in [-0.25, -0.2) is 4.79 Å². The molecule has 0 saturated carbocycles. The Bertz CT molecular complexity index is 361. The highest BCUT2D eigenvalue weighted by atomic mass is 32.2. The summed E-state index contributed by atoms with van der Waals surface area (Å²) in [5.74, 6) is 0.227. The molecule has 1 rings (SSSR count). The van der Waals surface area contributed by atoms with Gasteiger partial charge in [-0.1, -0.05) is 46.4 Å². The summed E-state index contributed by atoms with van der Waals surface area (Å²) in [7, 11) is 1.43. The van der Waals surface area contributed by atoms with E-state index < -0.39 is 0 Å². The van der Waals surface area contributed by atoms with Gasteiger partial charge in [0.25, 0.3) is 0 Å². The Morgan fingerprint density at radius 1 is 1.50 bits per heavy atom. The van der Waals surface area contributed by atoms with Crippen molar-refractivity contribution in [3.8, 4) is 0 Å². The molecule has 1 N–H and O–H groups in total. The van der Waals surface area contributed by atoms with Crippen molar-refractivity contribution in [2.24, 2.45) is 16.3 Å². The molecule has 5 heteroatoms. The number of carbonyl (C=O) groups excluding carboxylic acids is 1. The van der Waals surface area contributed by atoms with Crippen LogP contribution in [-0.4, -0.2) is 36.1 Å². The number of thioether (sulfide) groups is 1. The zero-order valence-electron chi connectivity index (χ0n) is 13.5. The van der Waals surface area contributed by atoms with Crippen molar-refractivity contribution < 1.29 is 9.53 Å². The number of methoxy groups -OCH3 is 1. The number of carbonyl (C=O) groups is 1. The number of nitrogens with zero attached hydrogens (tertiary/aromatic N) is 1. The molecule has 0 bridgehead atoms. The number of aliphatic imine (C=N–C) groups is 1. The number of nitrogens with one attached hydrogen (secondary N) is 1. The number of hydrogen-bond donors (Lipinski definition) is 1. The lowest BCUT2D eigenvalue weighted by atomic mass is 9.90. The summed E-state index contributed by atoms with van der Waals surface area (Å²) in [6.07, 6.45) is 1.88. The third kappa shape index (κ3) is 6.16. The Morgan fingerprint density at radius 2 is 2.15 bits per heavy atom. The summed E-state index contributed by atoms with van der Waals surface area (Å²) in [5.41, 5.74) is 0.308. The highest BCUT2D eigenvalue weighted by molar-refractivity contribution is 8.14. The minimum atomic E-state index is -0.292. The number of hydrogen-bond acceptors (Lipinski definition) is 5. The number of ether oxygens (including phenoxy) is 1. The van der Waals surface area contributed by atoms with Crippen LogP contribution in [0.15, 0.2) is 4.99 Å². The predicted molar refractivity (Wildman–Crippen MR) is 86.1 cm³/mol. The molecule has 0 aromatic rings. The standard InChI is InChI=1S/C15H28N2O2S/c1-10(2)7-12(13(18)19-6)17-14-16-9-11(20-14)8-15(3,4)5/h10-12H,7-9H2,1-6H3,(H,16,17). The summed E-state index contributed by atoms with van der Waals surface area (Å²) >= 11 is 1.75. The molecule has 0 aliphatic carbocycles. The molecule has 2 unspecified atom stereocenters. The minimum Gasteiger partial charge on any atom is -0.467 e. The lowest BCUT2D eigenvalue weighted by Crippen LogP contribution is -2.41. The van der Waals surface area contributed by atoms with Gasteiger partial charge in [-0.15, -0.1) is 0 Å². The van der Waals surface area contributed by atoms with E-state index in [1.807, 2.05) is 0 Å². The molecule has 0 radical (unpaired) electrons. The van der Waals surface area contributed by atoms with Crippen molar-refractivity contribution in [2.75, 3.05) is 13.7 Å². The van der Waals surface area contributed by atoms with Crippen LogP contribution in [0.4, 0.5) is 0 Å². The quantitative estimate of drug-likeness (QED) is 0.793. The molecule has 1 aliphatic heterocycles. The van der Waals surface area contributed by atoms with Gasteiger partial charge in [0, 0.05) is 5.25 Å².